The molecule has 0 saturated carbocycles. The van der Waals surface area contributed by atoms with Crippen molar-refractivity contribution in [1.82, 2.24) is 15.1 Å². The summed E-state index contributed by atoms with van der Waals surface area (Å²) in [6.45, 7) is 0. The van der Waals surface area contributed by atoms with Crippen LogP contribution in [-0.2, 0) is 12.8 Å². The van der Waals surface area contributed by atoms with E-state index in [-0.39, 0.29) is 3.92 Å². The molecule has 1 N–H and O–H groups in total. The molecule has 2 aromatic heterocycles. The highest BCUT2D eigenvalue weighted by molar-refractivity contribution is 14.1. The Balaban J connectivity index is 1.50. The summed E-state index contributed by atoms with van der Waals surface area (Å²) >= 11 is 2.38. The highest BCUT2D eigenvalue weighted by atomic mass is 127. The second kappa shape index (κ2) is 6.76. The summed E-state index contributed by atoms with van der Waals surface area (Å²) in [4.78, 5) is 7.88. The van der Waals surface area contributed by atoms with Gasteiger partial charge in [-0.15, -0.1) is 0 Å². The summed E-state index contributed by atoms with van der Waals surface area (Å²) in [5.41, 5.74) is 3.62. The number of aromatic amines is 1. The van der Waals surface area contributed by atoms with Gasteiger partial charge in [-0.25, -0.2) is 0 Å². The van der Waals surface area contributed by atoms with Gasteiger partial charge in [0.05, 0.1) is 3.92 Å². The molecule has 5 heteroatoms. The monoisotopic (exact) mass is 429 g/mol. The van der Waals surface area contributed by atoms with Crippen LogP contribution in [0.25, 0.3) is 10.9 Å². The second-order valence-corrected chi connectivity index (χ2v) is 7.25. The zero-order valence-electron chi connectivity index (χ0n) is 12.9. The van der Waals surface area contributed by atoms with Gasteiger partial charge >= 0.3 is 0 Å². The quantitative estimate of drug-likeness (QED) is 0.364. The molecule has 120 valence electrons. The van der Waals surface area contributed by atoms with Crippen LogP contribution in [0.3, 0.4) is 0 Å². The number of rotatable bonds is 5. The van der Waals surface area contributed by atoms with Crippen molar-refractivity contribution in [1.29, 1.82) is 0 Å². The fourth-order valence-electron chi connectivity index (χ4n) is 2.83. The van der Waals surface area contributed by atoms with Crippen molar-refractivity contribution >= 4 is 33.5 Å². The highest BCUT2D eigenvalue weighted by Gasteiger charge is 2.18. The van der Waals surface area contributed by atoms with Crippen molar-refractivity contribution in [2.75, 3.05) is 0 Å². The third kappa shape index (κ3) is 3.21. The van der Waals surface area contributed by atoms with Gasteiger partial charge in [-0.1, -0.05) is 76.3 Å². The normalized spacial score (nSPS) is 12.5. The number of H-pyrrole nitrogens is 1. The average Bonchev–Trinajstić information content (AvgIpc) is 3.24. The summed E-state index contributed by atoms with van der Waals surface area (Å²) in [5.74, 6) is 1.42. The van der Waals surface area contributed by atoms with Gasteiger partial charge < -0.3 is 9.51 Å². The molecule has 0 bridgehead atoms. The number of nitrogens with zero attached hydrogens (tertiary/aromatic N) is 2. The Morgan fingerprint density at radius 2 is 1.83 bits per heavy atom. The third-order valence-electron chi connectivity index (χ3n) is 4.03. The Kier molecular flexibility index (Phi) is 4.34. The van der Waals surface area contributed by atoms with E-state index in [0.29, 0.717) is 12.3 Å². The molecule has 0 aliphatic rings. The molecule has 24 heavy (non-hydrogen) atoms. The van der Waals surface area contributed by atoms with Crippen LogP contribution in [0.5, 0.6) is 0 Å². The van der Waals surface area contributed by atoms with Crippen molar-refractivity contribution in [2.45, 2.75) is 16.8 Å². The second-order valence-electron chi connectivity index (χ2n) is 5.74. The van der Waals surface area contributed by atoms with E-state index < -0.39 is 0 Å². The molecule has 0 saturated heterocycles. The van der Waals surface area contributed by atoms with Crippen LogP contribution in [0, 0.1) is 0 Å². The first-order valence-corrected chi connectivity index (χ1v) is 9.09. The minimum atomic E-state index is 0.152. The molecule has 4 nitrogen and oxygen atoms in total. The minimum Gasteiger partial charge on any atom is -0.361 e. The van der Waals surface area contributed by atoms with Crippen LogP contribution in [0.15, 0.2) is 65.3 Å². The van der Waals surface area contributed by atoms with Crippen molar-refractivity contribution in [3.63, 3.8) is 0 Å². The summed E-state index contributed by atoms with van der Waals surface area (Å²) in [7, 11) is 0. The number of alkyl halides is 1. The number of hydrogen-bond acceptors (Lipinski definition) is 3. The van der Waals surface area contributed by atoms with Crippen molar-refractivity contribution < 1.29 is 4.52 Å². The van der Waals surface area contributed by atoms with Gasteiger partial charge in [0.25, 0.3) is 0 Å². The highest BCUT2D eigenvalue weighted by Crippen LogP contribution is 2.29. The lowest BCUT2D eigenvalue weighted by molar-refractivity contribution is 0.374. The van der Waals surface area contributed by atoms with Gasteiger partial charge in [0.2, 0.25) is 5.89 Å². The summed E-state index contributed by atoms with van der Waals surface area (Å²) in [5, 5.41) is 5.38. The minimum absolute atomic E-state index is 0.152. The number of fused-ring (bicyclic) bond motifs is 1. The number of halogens is 1. The van der Waals surface area contributed by atoms with Crippen molar-refractivity contribution in [2.24, 2.45) is 0 Å². The fourth-order valence-corrected chi connectivity index (χ4v) is 3.55. The van der Waals surface area contributed by atoms with Crippen LogP contribution in [-0.4, -0.2) is 15.1 Å². The molecule has 1 atom stereocenters. The molecule has 0 spiro atoms. The van der Waals surface area contributed by atoms with Crippen molar-refractivity contribution in [3.05, 3.63) is 83.6 Å². The summed E-state index contributed by atoms with van der Waals surface area (Å²) in [6.07, 6.45) is 3.62. The number of para-hydroxylation sites is 1. The van der Waals surface area contributed by atoms with E-state index in [0.717, 1.165) is 17.8 Å². The van der Waals surface area contributed by atoms with E-state index in [1.54, 1.807) is 0 Å². The molecule has 2 heterocycles. The molecule has 0 amide bonds. The third-order valence-corrected chi connectivity index (χ3v) is 5.00. The smallest absolute Gasteiger partial charge is 0.239 e. The van der Waals surface area contributed by atoms with Gasteiger partial charge in [-0.05, 0) is 23.6 Å². The van der Waals surface area contributed by atoms with Gasteiger partial charge in [0.15, 0.2) is 5.82 Å². The Labute approximate surface area is 153 Å². The molecule has 4 rings (SSSR count). The number of hydrogen-bond donors (Lipinski definition) is 1. The van der Waals surface area contributed by atoms with E-state index in [1.807, 2.05) is 24.3 Å². The first kappa shape index (κ1) is 15.4. The SMILES string of the molecule is I[C@@H](Cc1c[nH]c2ccccc12)c1nc(Cc2ccccc2)no1. The first-order valence-electron chi connectivity index (χ1n) is 7.85. The first-order chi connectivity index (χ1) is 11.8. The number of benzene rings is 2. The molecule has 0 aliphatic heterocycles. The van der Waals surface area contributed by atoms with Crippen LogP contribution in [0.2, 0.25) is 0 Å². The van der Waals surface area contributed by atoms with E-state index in [1.165, 1.54) is 16.5 Å². The Hall–Kier alpha value is -2.15. The maximum atomic E-state index is 5.48. The Bertz CT molecular complexity index is 945. The molecular weight excluding hydrogens is 413 g/mol. The number of aromatic nitrogens is 3. The van der Waals surface area contributed by atoms with Crippen molar-refractivity contribution in [3.8, 4) is 0 Å². The predicted molar refractivity (Wildman–Crippen MR) is 102 cm³/mol. The summed E-state index contributed by atoms with van der Waals surface area (Å²) < 4.78 is 5.63. The lowest BCUT2D eigenvalue weighted by Gasteiger charge is -2.03. The van der Waals surface area contributed by atoms with Gasteiger partial charge in [-0.2, -0.15) is 4.98 Å². The largest absolute Gasteiger partial charge is 0.361 e. The van der Waals surface area contributed by atoms with E-state index in [4.69, 9.17) is 4.52 Å². The standard InChI is InChI=1S/C19H16IN3O/c20-16(11-14-12-21-17-9-5-4-8-15(14)17)19-22-18(23-24-19)10-13-6-2-1-3-7-13/h1-9,12,16,21H,10-11H2/t16-/m0/s1. The van der Waals surface area contributed by atoms with Crippen LogP contribution < -0.4 is 0 Å². The van der Waals surface area contributed by atoms with E-state index in [9.17, 15) is 0 Å². The molecule has 4 aromatic rings. The van der Waals surface area contributed by atoms with Crippen LogP contribution >= 0.6 is 22.6 Å². The van der Waals surface area contributed by atoms with Gasteiger partial charge in [-0.3, -0.25) is 0 Å². The predicted octanol–water partition coefficient (Wildman–Crippen LogP) is 4.86. The lowest BCUT2D eigenvalue weighted by Crippen LogP contribution is -1.96. The molecule has 0 fully saturated rings. The average molecular weight is 429 g/mol. The molecule has 0 radical (unpaired) electrons. The Morgan fingerprint density at radius 3 is 2.71 bits per heavy atom. The zero-order valence-corrected chi connectivity index (χ0v) is 15.1. The number of nitrogens with one attached hydrogen (secondary N) is 1. The van der Waals surface area contributed by atoms with Crippen LogP contribution in [0.4, 0.5) is 0 Å². The summed E-state index contributed by atoms with van der Waals surface area (Å²) in [6, 6.07) is 18.5. The maximum Gasteiger partial charge on any atom is 0.239 e. The molecule has 0 aliphatic carbocycles. The molecular formula is C19H16IN3O. The van der Waals surface area contributed by atoms with Crippen LogP contribution in [0.1, 0.15) is 26.8 Å². The topological polar surface area (TPSA) is 54.7 Å². The lowest BCUT2D eigenvalue weighted by atomic mass is 10.1. The van der Waals surface area contributed by atoms with E-state index >= 15 is 0 Å². The maximum absolute atomic E-state index is 5.48. The van der Waals surface area contributed by atoms with Gasteiger partial charge in [0, 0.05) is 23.5 Å². The fraction of sp³-hybridized carbons (Fsp3) is 0.158. The Morgan fingerprint density at radius 1 is 1.04 bits per heavy atom. The molecule has 2 aromatic carbocycles. The van der Waals surface area contributed by atoms with Gasteiger partial charge in [0.1, 0.15) is 0 Å². The van der Waals surface area contributed by atoms with E-state index in [2.05, 4.69) is 74.2 Å². The molecule has 0 unspecified atom stereocenters. The zero-order chi connectivity index (χ0) is 16.4.